The summed E-state index contributed by atoms with van der Waals surface area (Å²) in [7, 11) is -3.50. The minimum absolute atomic E-state index is 0.0759. The highest BCUT2D eigenvalue weighted by Gasteiger charge is 2.18. The van der Waals surface area contributed by atoms with Gasteiger partial charge in [0, 0.05) is 19.3 Å². The highest BCUT2D eigenvalue weighted by atomic mass is 32.2. The average molecular weight is 274 g/mol. The van der Waals surface area contributed by atoms with E-state index in [1.165, 1.54) is 12.5 Å². The Balaban J connectivity index is 2.64. The zero-order valence-electron chi connectivity index (χ0n) is 11.0. The van der Waals surface area contributed by atoms with Crippen LogP contribution in [-0.2, 0) is 16.6 Å². The van der Waals surface area contributed by atoms with Gasteiger partial charge in [0.25, 0.3) is 10.0 Å². The van der Waals surface area contributed by atoms with E-state index in [9.17, 15) is 8.42 Å². The zero-order chi connectivity index (χ0) is 13.6. The van der Waals surface area contributed by atoms with Crippen molar-refractivity contribution in [2.75, 3.05) is 13.1 Å². The quantitative estimate of drug-likeness (QED) is 0.724. The maximum atomic E-state index is 12.0. The molecule has 104 valence electrons. The lowest BCUT2D eigenvalue weighted by Crippen LogP contribution is -2.30. The van der Waals surface area contributed by atoms with Crippen molar-refractivity contribution in [1.82, 2.24) is 14.3 Å². The third-order valence-corrected chi connectivity index (χ3v) is 4.27. The Bertz CT molecular complexity index is 455. The first kappa shape index (κ1) is 15.1. The van der Waals surface area contributed by atoms with Crippen LogP contribution in [0.15, 0.2) is 17.6 Å². The van der Waals surface area contributed by atoms with Crippen molar-refractivity contribution in [2.24, 2.45) is 11.7 Å². The Morgan fingerprint density at radius 2 is 2.22 bits per heavy atom. The standard InChI is InChI=1S/C11H22N4O2S/c1-3-10(5-6-12)7-14-18(16,17)11-8-15(4-2)9-13-11/h8-10,14H,3-7,12H2,1-2H3. The number of nitrogens with one attached hydrogen (secondary N) is 1. The Kier molecular flexibility index (Phi) is 5.77. The maximum absolute atomic E-state index is 12.0. The SMILES string of the molecule is CCC(CCN)CNS(=O)(=O)c1cn(CC)cn1. The summed E-state index contributed by atoms with van der Waals surface area (Å²) in [5.74, 6) is 0.276. The van der Waals surface area contributed by atoms with Crippen LogP contribution in [0.3, 0.4) is 0 Å². The summed E-state index contributed by atoms with van der Waals surface area (Å²) in [6.07, 6.45) is 4.78. The summed E-state index contributed by atoms with van der Waals surface area (Å²) >= 11 is 0. The second-order valence-electron chi connectivity index (χ2n) is 4.25. The Morgan fingerprint density at radius 3 is 2.72 bits per heavy atom. The van der Waals surface area contributed by atoms with Crippen molar-refractivity contribution < 1.29 is 8.42 Å². The number of hydrogen-bond acceptors (Lipinski definition) is 4. The molecule has 0 aliphatic rings. The first-order valence-corrected chi connectivity index (χ1v) is 7.73. The van der Waals surface area contributed by atoms with E-state index in [-0.39, 0.29) is 10.9 Å². The van der Waals surface area contributed by atoms with E-state index >= 15 is 0 Å². The number of nitrogens with zero attached hydrogens (tertiary/aromatic N) is 2. The van der Waals surface area contributed by atoms with E-state index in [4.69, 9.17) is 5.73 Å². The van der Waals surface area contributed by atoms with E-state index in [0.29, 0.717) is 19.6 Å². The fourth-order valence-electron chi connectivity index (χ4n) is 1.64. The van der Waals surface area contributed by atoms with Gasteiger partial charge in [-0.05, 0) is 25.8 Å². The van der Waals surface area contributed by atoms with Gasteiger partial charge in [0.2, 0.25) is 0 Å². The number of aromatic nitrogens is 2. The van der Waals surface area contributed by atoms with Gasteiger partial charge < -0.3 is 10.3 Å². The van der Waals surface area contributed by atoms with Crippen LogP contribution >= 0.6 is 0 Å². The van der Waals surface area contributed by atoms with Gasteiger partial charge >= 0.3 is 0 Å². The molecular formula is C11H22N4O2S. The minimum atomic E-state index is -3.50. The molecule has 0 bridgehead atoms. The van der Waals surface area contributed by atoms with Crippen LogP contribution in [0.25, 0.3) is 0 Å². The Morgan fingerprint density at radius 1 is 1.50 bits per heavy atom. The highest BCUT2D eigenvalue weighted by Crippen LogP contribution is 2.09. The molecule has 1 atom stereocenters. The number of nitrogens with two attached hydrogens (primary N) is 1. The summed E-state index contributed by atoms with van der Waals surface area (Å²) in [5, 5.41) is 0.0759. The van der Waals surface area contributed by atoms with Gasteiger partial charge in [0.05, 0.1) is 6.33 Å². The molecule has 0 fully saturated rings. The molecule has 1 unspecified atom stereocenters. The molecule has 1 aromatic rings. The molecule has 3 N–H and O–H groups in total. The summed E-state index contributed by atoms with van der Waals surface area (Å²) in [6.45, 7) is 5.65. The van der Waals surface area contributed by atoms with E-state index in [1.807, 2.05) is 13.8 Å². The van der Waals surface area contributed by atoms with Gasteiger partial charge in [0.15, 0.2) is 5.03 Å². The number of aryl methyl sites for hydroxylation is 1. The monoisotopic (exact) mass is 274 g/mol. The molecular weight excluding hydrogens is 252 g/mol. The van der Waals surface area contributed by atoms with Crippen molar-refractivity contribution in [2.45, 2.75) is 38.3 Å². The van der Waals surface area contributed by atoms with Crippen LogP contribution in [0, 0.1) is 5.92 Å². The van der Waals surface area contributed by atoms with E-state index < -0.39 is 10.0 Å². The molecule has 0 aliphatic heterocycles. The molecule has 0 saturated heterocycles. The van der Waals surface area contributed by atoms with Gasteiger partial charge in [-0.1, -0.05) is 13.3 Å². The van der Waals surface area contributed by atoms with Crippen LogP contribution in [0.4, 0.5) is 0 Å². The van der Waals surface area contributed by atoms with Crippen molar-refractivity contribution in [3.63, 3.8) is 0 Å². The molecule has 7 heteroatoms. The topological polar surface area (TPSA) is 90.0 Å². The predicted octanol–water partition coefficient (Wildman–Crippen LogP) is 0.556. The molecule has 6 nitrogen and oxygen atoms in total. The van der Waals surface area contributed by atoms with Crippen molar-refractivity contribution >= 4 is 10.0 Å². The number of hydrogen-bond donors (Lipinski definition) is 2. The first-order chi connectivity index (χ1) is 8.53. The fraction of sp³-hybridized carbons (Fsp3) is 0.727. The van der Waals surface area contributed by atoms with Crippen molar-refractivity contribution in [1.29, 1.82) is 0 Å². The van der Waals surface area contributed by atoms with E-state index in [0.717, 1.165) is 12.8 Å². The van der Waals surface area contributed by atoms with Crippen molar-refractivity contribution in [3.8, 4) is 0 Å². The van der Waals surface area contributed by atoms with Crippen LogP contribution in [0.1, 0.15) is 26.7 Å². The highest BCUT2D eigenvalue weighted by molar-refractivity contribution is 7.89. The smallest absolute Gasteiger partial charge is 0.259 e. The third-order valence-electron chi connectivity index (χ3n) is 2.96. The fourth-order valence-corrected chi connectivity index (χ4v) is 2.70. The van der Waals surface area contributed by atoms with Gasteiger partial charge in [-0.2, -0.15) is 0 Å². The van der Waals surface area contributed by atoms with Gasteiger partial charge in [-0.15, -0.1) is 0 Å². The van der Waals surface area contributed by atoms with Crippen molar-refractivity contribution in [3.05, 3.63) is 12.5 Å². The van der Waals surface area contributed by atoms with Gasteiger partial charge in [0.1, 0.15) is 0 Å². The van der Waals surface area contributed by atoms with Gasteiger partial charge in [-0.25, -0.2) is 18.1 Å². The lowest BCUT2D eigenvalue weighted by molar-refractivity contribution is 0.465. The predicted molar refractivity (Wildman–Crippen MR) is 70.5 cm³/mol. The molecule has 18 heavy (non-hydrogen) atoms. The van der Waals surface area contributed by atoms with E-state index in [2.05, 4.69) is 9.71 Å². The summed E-state index contributed by atoms with van der Waals surface area (Å²) in [4.78, 5) is 3.90. The molecule has 1 heterocycles. The molecule has 0 spiro atoms. The van der Waals surface area contributed by atoms with Crippen LogP contribution < -0.4 is 10.5 Å². The summed E-state index contributed by atoms with van der Waals surface area (Å²) in [6, 6.07) is 0. The molecule has 1 rings (SSSR count). The molecule has 0 saturated carbocycles. The lowest BCUT2D eigenvalue weighted by atomic mass is 10.0. The minimum Gasteiger partial charge on any atom is -0.336 e. The lowest BCUT2D eigenvalue weighted by Gasteiger charge is -2.13. The largest absolute Gasteiger partial charge is 0.336 e. The first-order valence-electron chi connectivity index (χ1n) is 6.25. The average Bonchev–Trinajstić information content (AvgIpc) is 2.84. The van der Waals surface area contributed by atoms with Crippen LogP contribution in [0.2, 0.25) is 0 Å². The van der Waals surface area contributed by atoms with Crippen LogP contribution in [-0.4, -0.2) is 31.1 Å². The molecule has 1 aromatic heterocycles. The van der Waals surface area contributed by atoms with Crippen LogP contribution in [0.5, 0.6) is 0 Å². The third kappa shape index (κ3) is 4.08. The zero-order valence-corrected chi connectivity index (χ0v) is 11.8. The Labute approximate surface area is 109 Å². The van der Waals surface area contributed by atoms with Gasteiger partial charge in [-0.3, -0.25) is 0 Å². The summed E-state index contributed by atoms with van der Waals surface area (Å²) < 4.78 is 28.3. The second kappa shape index (κ2) is 6.86. The molecule has 0 radical (unpaired) electrons. The molecule has 0 amide bonds. The molecule has 0 aromatic carbocycles. The normalized spacial score (nSPS) is 13.7. The number of imidazole rings is 1. The summed E-state index contributed by atoms with van der Waals surface area (Å²) in [5.41, 5.74) is 5.48. The number of rotatable bonds is 8. The maximum Gasteiger partial charge on any atom is 0.259 e. The number of sulfonamides is 1. The Hall–Kier alpha value is -0.920. The van der Waals surface area contributed by atoms with E-state index in [1.54, 1.807) is 4.57 Å². The second-order valence-corrected chi connectivity index (χ2v) is 5.96. The molecule has 0 aliphatic carbocycles.